The monoisotopic (exact) mass is 554 g/mol. The number of para-hydroxylation sites is 1. The van der Waals surface area contributed by atoms with Crippen LogP contribution < -0.4 is 4.90 Å². The molecule has 2 aromatic heterocycles. The molecule has 8 aromatic rings. The van der Waals surface area contributed by atoms with E-state index in [-0.39, 0.29) is 0 Å². The molecule has 6 aromatic carbocycles. The molecule has 0 saturated heterocycles. The lowest BCUT2D eigenvalue weighted by atomic mass is 10.0. The van der Waals surface area contributed by atoms with Crippen LogP contribution in [-0.4, -0.2) is 4.98 Å². The first-order chi connectivity index (χ1) is 20.8. The quantitative estimate of drug-likeness (QED) is 0.210. The van der Waals surface area contributed by atoms with Crippen molar-refractivity contribution in [3.63, 3.8) is 0 Å². The SMILES string of the molecule is c1ccc(-c2ccc(N(c3cnc4c(c3)sc3cc5ccccc5cc34)c3ccccc3-c3ccccc3)cc2)cc1. The molecule has 0 bridgehead atoms. The Morgan fingerprint density at radius 3 is 1.86 bits per heavy atom. The summed E-state index contributed by atoms with van der Waals surface area (Å²) < 4.78 is 2.44. The summed E-state index contributed by atoms with van der Waals surface area (Å²) in [5.41, 5.74) is 9.06. The van der Waals surface area contributed by atoms with Crippen molar-refractivity contribution in [3.8, 4) is 22.3 Å². The highest BCUT2D eigenvalue weighted by Crippen LogP contribution is 2.43. The highest BCUT2D eigenvalue weighted by molar-refractivity contribution is 7.25. The molecule has 0 unspecified atom stereocenters. The average molecular weight is 555 g/mol. The van der Waals surface area contributed by atoms with E-state index >= 15 is 0 Å². The van der Waals surface area contributed by atoms with Crippen molar-refractivity contribution >= 4 is 59.5 Å². The Labute approximate surface area is 248 Å². The maximum absolute atomic E-state index is 5.08. The summed E-state index contributed by atoms with van der Waals surface area (Å²) in [6, 6.07) is 54.0. The molecular weight excluding hydrogens is 529 g/mol. The fourth-order valence-corrected chi connectivity index (χ4v) is 6.96. The molecule has 0 aliphatic heterocycles. The van der Waals surface area contributed by atoms with E-state index in [0.29, 0.717) is 0 Å². The largest absolute Gasteiger partial charge is 0.308 e. The topological polar surface area (TPSA) is 16.1 Å². The van der Waals surface area contributed by atoms with E-state index < -0.39 is 0 Å². The first-order valence-electron chi connectivity index (χ1n) is 14.1. The predicted octanol–water partition coefficient (Wildman–Crippen LogP) is 11.4. The van der Waals surface area contributed by atoms with Crippen molar-refractivity contribution in [3.05, 3.63) is 158 Å². The van der Waals surface area contributed by atoms with Crippen LogP contribution in [0.1, 0.15) is 0 Å². The standard InChI is InChI=1S/C39H26N2S/c1-3-11-27(12-4-1)28-19-21-32(22-20-28)41(36-18-10-9-17-34(36)29-13-5-2-6-14-29)33-25-38-39(40-26-33)35-23-30-15-7-8-16-31(30)24-37(35)42-38/h1-26H. The number of thiophene rings is 1. The fourth-order valence-electron chi connectivity index (χ4n) is 5.84. The molecular formula is C39H26N2S. The lowest BCUT2D eigenvalue weighted by Crippen LogP contribution is -2.11. The van der Waals surface area contributed by atoms with Gasteiger partial charge in [-0.2, -0.15) is 0 Å². The van der Waals surface area contributed by atoms with Crippen LogP contribution in [0.25, 0.3) is 53.3 Å². The Balaban J connectivity index is 1.32. The summed E-state index contributed by atoms with van der Waals surface area (Å²) in [5, 5.41) is 3.71. The summed E-state index contributed by atoms with van der Waals surface area (Å²) >= 11 is 1.81. The summed E-state index contributed by atoms with van der Waals surface area (Å²) in [6.07, 6.45) is 2.02. The Morgan fingerprint density at radius 2 is 1.10 bits per heavy atom. The molecule has 0 spiro atoms. The van der Waals surface area contributed by atoms with Crippen LogP contribution in [0.5, 0.6) is 0 Å². The van der Waals surface area contributed by atoms with Gasteiger partial charge < -0.3 is 4.90 Å². The van der Waals surface area contributed by atoms with Gasteiger partial charge in [0.05, 0.1) is 27.8 Å². The van der Waals surface area contributed by atoms with Gasteiger partial charge in [0.15, 0.2) is 0 Å². The zero-order valence-corrected chi connectivity index (χ0v) is 23.6. The minimum absolute atomic E-state index is 1.04. The molecule has 8 rings (SSSR count). The zero-order valence-electron chi connectivity index (χ0n) is 22.8. The Bertz CT molecular complexity index is 2180. The van der Waals surface area contributed by atoms with E-state index in [0.717, 1.165) is 22.6 Å². The summed E-state index contributed by atoms with van der Waals surface area (Å²) in [7, 11) is 0. The van der Waals surface area contributed by atoms with Crippen LogP contribution in [0.2, 0.25) is 0 Å². The number of hydrogen-bond acceptors (Lipinski definition) is 3. The highest BCUT2D eigenvalue weighted by atomic mass is 32.1. The molecule has 3 heteroatoms. The molecule has 0 amide bonds. The van der Waals surface area contributed by atoms with Gasteiger partial charge in [-0.05, 0) is 63.9 Å². The van der Waals surface area contributed by atoms with Gasteiger partial charge in [0.25, 0.3) is 0 Å². The fraction of sp³-hybridized carbons (Fsp3) is 0. The number of anilines is 3. The maximum Gasteiger partial charge on any atom is 0.0890 e. The molecule has 0 aliphatic rings. The molecule has 0 fully saturated rings. The Hall–Kier alpha value is -5.25. The van der Waals surface area contributed by atoms with Gasteiger partial charge in [0, 0.05) is 21.3 Å². The van der Waals surface area contributed by atoms with Crippen molar-refractivity contribution in [2.75, 3.05) is 4.90 Å². The number of rotatable bonds is 5. The zero-order chi connectivity index (χ0) is 27.9. The lowest BCUT2D eigenvalue weighted by molar-refractivity contribution is 1.26. The van der Waals surface area contributed by atoms with Crippen LogP contribution >= 0.6 is 11.3 Å². The van der Waals surface area contributed by atoms with Gasteiger partial charge in [-0.25, -0.2) is 0 Å². The number of aromatic nitrogens is 1. The molecule has 0 N–H and O–H groups in total. The average Bonchev–Trinajstić information content (AvgIpc) is 3.42. The third-order valence-electron chi connectivity index (χ3n) is 7.88. The van der Waals surface area contributed by atoms with Crippen LogP contribution in [0.4, 0.5) is 17.1 Å². The molecule has 42 heavy (non-hydrogen) atoms. The minimum atomic E-state index is 1.04. The van der Waals surface area contributed by atoms with Crippen molar-refractivity contribution in [2.24, 2.45) is 0 Å². The number of hydrogen-bond donors (Lipinski definition) is 0. The molecule has 2 heterocycles. The van der Waals surface area contributed by atoms with Crippen LogP contribution in [0.15, 0.2) is 158 Å². The van der Waals surface area contributed by atoms with Crippen LogP contribution in [-0.2, 0) is 0 Å². The van der Waals surface area contributed by atoms with E-state index in [9.17, 15) is 0 Å². The molecule has 0 saturated carbocycles. The summed E-state index contributed by atoms with van der Waals surface area (Å²) in [6.45, 7) is 0. The summed E-state index contributed by atoms with van der Waals surface area (Å²) in [5.74, 6) is 0. The number of benzene rings is 6. The van der Waals surface area contributed by atoms with E-state index in [1.54, 1.807) is 0 Å². The molecule has 0 aliphatic carbocycles. The van der Waals surface area contributed by atoms with Crippen LogP contribution in [0, 0.1) is 0 Å². The highest BCUT2D eigenvalue weighted by Gasteiger charge is 2.19. The molecule has 2 nitrogen and oxygen atoms in total. The number of nitrogens with zero attached hydrogens (tertiary/aromatic N) is 2. The minimum Gasteiger partial charge on any atom is -0.308 e. The van der Waals surface area contributed by atoms with Crippen molar-refractivity contribution in [2.45, 2.75) is 0 Å². The molecule has 0 radical (unpaired) electrons. The van der Waals surface area contributed by atoms with Gasteiger partial charge in [0.2, 0.25) is 0 Å². The van der Waals surface area contributed by atoms with Gasteiger partial charge in [-0.1, -0.05) is 115 Å². The maximum atomic E-state index is 5.08. The third-order valence-corrected chi connectivity index (χ3v) is 8.97. The normalized spacial score (nSPS) is 11.3. The van der Waals surface area contributed by atoms with E-state index in [1.165, 1.54) is 47.8 Å². The lowest BCUT2D eigenvalue weighted by Gasteiger charge is -2.27. The van der Waals surface area contributed by atoms with Gasteiger partial charge >= 0.3 is 0 Å². The van der Waals surface area contributed by atoms with Gasteiger partial charge in [-0.3, -0.25) is 4.98 Å². The van der Waals surface area contributed by atoms with Crippen LogP contribution in [0.3, 0.4) is 0 Å². The van der Waals surface area contributed by atoms with Gasteiger partial charge in [-0.15, -0.1) is 11.3 Å². The second kappa shape index (κ2) is 10.3. The Kier molecular flexibility index (Phi) is 6.02. The molecule has 198 valence electrons. The predicted molar refractivity (Wildman–Crippen MR) is 180 cm³/mol. The van der Waals surface area contributed by atoms with E-state index in [1.807, 2.05) is 17.5 Å². The first-order valence-corrected chi connectivity index (χ1v) is 14.9. The smallest absolute Gasteiger partial charge is 0.0890 e. The van der Waals surface area contributed by atoms with Crippen molar-refractivity contribution in [1.29, 1.82) is 0 Å². The molecule has 0 atom stereocenters. The Morgan fingerprint density at radius 1 is 0.476 bits per heavy atom. The van der Waals surface area contributed by atoms with Gasteiger partial charge in [0.1, 0.15) is 0 Å². The van der Waals surface area contributed by atoms with Crippen molar-refractivity contribution < 1.29 is 0 Å². The van der Waals surface area contributed by atoms with Crippen molar-refractivity contribution in [1.82, 2.24) is 4.98 Å². The summed E-state index contributed by atoms with van der Waals surface area (Å²) in [4.78, 5) is 7.42. The number of pyridine rings is 1. The first kappa shape index (κ1) is 24.5. The second-order valence-corrected chi connectivity index (χ2v) is 11.6. The number of fused-ring (bicyclic) bond motifs is 4. The van der Waals surface area contributed by atoms with E-state index in [4.69, 9.17) is 4.98 Å². The van der Waals surface area contributed by atoms with E-state index in [2.05, 4.69) is 157 Å². The third kappa shape index (κ3) is 4.32. The second-order valence-electron chi connectivity index (χ2n) is 10.5.